The molecule has 0 aliphatic rings. The number of carbonyl (C=O) groups excluding carboxylic acids is 1. The smallest absolute Gasteiger partial charge is 0.132 e. The van der Waals surface area contributed by atoms with E-state index < -0.39 is 0 Å². The molecule has 0 N–H and O–H groups in total. The zero-order valence-corrected chi connectivity index (χ0v) is 4.49. The largest absolute Gasteiger partial charge is 0.300 e. The Morgan fingerprint density at radius 2 is 1.57 bits per heavy atom. The van der Waals surface area contributed by atoms with Gasteiger partial charge in [0.1, 0.15) is 5.78 Å². The Kier molecular flexibility index (Phi) is 5.40. The normalized spacial score (nSPS) is 8.00. The van der Waals surface area contributed by atoms with E-state index in [9.17, 15) is 4.79 Å². The predicted octanol–water partition coefficient (Wildman–Crippen LogP) is 1.87. The van der Waals surface area contributed by atoms with Crippen LogP contribution in [0.25, 0.3) is 0 Å². The van der Waals surface area contributed by atoms with Crippen molar-refractivity contribution in [2.75, 3.05) is 0 Å². The second-order valence-corrected chi connectivity index (χ2v) is 1.77. The standard InChI is InChI=1S/C5H10O.CH4/c1-4(2)5(3)6;/h4H,1-3H3;1H4. The third-order valence-electron chi connectivity index (χ3n) is 0.813. The van der Waals surface area contributed by atoms with E-state index >= 15 is 0 Å². The van der Waals surface area contributed by atoms with Gasteiger partial charge in [0.25, 0.3) is 0 Å². The van der Waals surface area contributed by atoms with Gasteiger partial charge in [-0.3, -0.25) is 4.79 Å². The lowest BCUT2D eigenvalue weighted by Gasteiger charge is -1.90. The molecule has 0 fully saturated rings. The zero-order valence-electron chi connectivity index (χ0n) is 4.49. The minimum Gasteiger partial charge on any atom is -0.300 e. The predicted molar refractivity (Wildman–Crippen MR) is 32.2 cm³/mol. The Bertz CT molecular complexity index is 55.2. The van der Waals surface area contributed by atoms with Gasteiger partial charge < -0.3 is 0 Å². The molecule has 0 spiro atoms. The van der Waals surface area contributed by atoms with E-state index in [0.717, 1.165) is 0 Å². The average Bonchev–Trinajstić information content (AvgIpc) is 1.36. The molecule has 0 aromatic carbocycles. The van der Waals surface area contributed by atoms with Crippen LogP contribution in [-0.2, 0) is 4.79 Å². The van der Waals surface area contributed by atoms with Crippen molar-refractivity contribution in [1.29, 1.82) is 0 Å². The first kappa shape index (κ1) is 9.83. The van der Waals surface area contributed by atoms with Gasteiger partial charge in [-0.1, -0.05) is 21.3 Å². The SMILES string of the molecule is C.CC(=O)C(C)C. The Morgan fingerprint density at radius 1 is 1.43 bits per heavy atom. The molecule has 7 heavy (non-hydrogen) atoms. The summed E-state index contributed by atoms with van der Waals surface area (Å²) in [5, 5.41) is 0. The van der Waals surface area contributed by atoms with Crippen LogP contribution < -0.4 is 0 Å². The van der Waals surface area contributed by atoms with Crippen molar-refractivity contribution in [2.45, 2.75) is 28.2 Å². The van der Waals surface area contributed by atoms with Gasteiger partial charge in [0.15, 0.2) is 0 Å². The first-order valence-electron chi connectivity index (χ1n) is 2.15. The second-order valence-electron chi connectivity index (χ2n) is 1.77. The lowest BCUT2D eigenvalue weighted by atomic mass is 10.1. The van der Waals surface area contributed by atoms with Crippen LogP contribution >= 0.6 is 0 Å². The number of Topliss-reactive ketones (excluding diaryl/α,β-unsaturated/α-hetero) is 1. The fourth-order valence-electron chi connectivity index (χ4n) is 0. The third kappa shape index (κ3) is 5.67. The van der Waals surface area contributed by atoms with Crippen LogP contribution in [0.3, 0.4) is 0 Å². The highest BCUT2D eigenvalue weighted by molar-refractivity contribution is 5.77. The Hall–Kier alpha value is -0.330. The maximum atomic E-state index is 10.1. The topological polar surface area (TPSA) is 17.1 Å². The molecule has 0 aliphatic carbocycles. The van der Waals surface area contributed by atoms with Crippen LogP contribution in [0.2, 0.25) is 0 Å². The molecule has 44 valence electrons. The monoisotopic (exact) mass is 102 g/mol. The number of hydrogen-bond donors (Lipinski definition) is 0. The fraction of sp³-hybridized carbons (Fsp3) is 0.833. The van der Waals surface area contributed by atoms with Crippen LogP contribution in [-0.4, -0.2) is 5.78 Å². The molecule has 0 rings (SSSR count). The van der Waals surface area contributed by atoms with Crippen LogP contribution in [0.5, 0.6) is 0 Å². The van der Waals surface area contributed by atoms with Crippen molar-refractivity contribution in [3.05, 3.63) is 0 Å². The molecule has 0 saturated heterocycles. The van der Waals surface area contributed by atoms with Gasteiger partial charge in [-0.15, -0.1) is 0 Å². The van der Waals surface area contributed by atoms with Crippen molar-refractivity contribution < 1.29 is 4.79 Å². The Labute approximate surface area is 45.7 Å². The number of carbonyl (C=O) groups is 1. The Morgan fingerprint density at radius 3 is 1.57 bits per heavy atom. The number of hydrogen-bond acceptors (Lipinski definition) is 1. The fourth-order valence-corrected chi connectivity index (χ4v) is 0. The van der Waals surface area contributed by atoms with E-state index in [1.807, 2.05) is 13.8 Å². The van der Waals surface area contributed by atoms with E-state index in [4.69, 9.17) is 0 Å². The van der Waals surface area contributed by atoms with Gasteiger partial charge in [0.05, 0.1) is 0 Å². The lowest BCUT2D eigenvalue weighted by Crippen LogP contribution is -1.98. The summed E-state index contributed by atoms with van der Waals surface area (Å²) in [6.45, 7) is 5.38. The maximum Gasteiger partial charge on any atom is 0.132 e. The van der Waals surface area contributed by atoms with Crippen molar-refractivity contribution in [2.24, 2.45) is 5.92 Å². The van der Waals surface area contributed by atoms with E-state index in [-0.39, 0.29) is 19.1 Å². The minimum absolute atomic E-state index is 0. The summed E-state index contributed by atoms with van der Waals surface area (Å²) < 4.78 is 0. The summed E-state index contributed by atoms with van der Waals surface area (Å²) in [4.78, 5) is 10.1. The molecular weight excluding hydrogens is 88.1 g/mol. The van der Waals surface area contributed by atoms with Gasteiger partial charge in [-0.2, -0.15) is 0 Å². The molecule has 0 aromatic heterocycles. The van der Waals surface area contributed by atoms with Gasteiger partial charge in [0.2, 0.25) is 0 Å². The molecule has 0 amide bonds. The first-order chi connectivity index (χ1) is 2.64. The summed E-state index contributed by atoms with van der Waals surface area (Å²) in [6, 6.07) is 0. The molecule has 0 aliphatic heterocycles. The second kappa shape index (κ2) is 3.85. The van der Waals surface area contributed by atoms with E-state index in [0.29, 0.717) is 0 Å². The van der Waals surface area contributed by atoms with Crippen molar-refractivity contribution in [3.63, 3.8) is 0 Å². The molecule has 0 bridgehead atoms. The third-order valence-corrected chi connectivity index (χ3v) is 0.813. The molecule has 0 atom stereocenters. The molecule has 0 radical (unpaired) electrons. The van der Waals surface area contributed by atoms with Crippen molar-refractivity contribution in [3.8, 4) is 0 Å². The summed E-state index contributed by atoms with van der Waals surface area (Å²) >= 11 is 0. The van der Waals surface area contributed by atoms with Gasteiger partial charge in [-0.05, 0) is 6.92 Å². The van der Waals surface area contributed by atoms with Gasteiger partial charge in [0, 0.05) is 5.92 Å². The van der Waals surface area contributed by atoms with Gasteiger partial charge >= 0.3 is 0 Å². The summed E-state index contributed by atoms with van der Waals surface area (Å²) in [7, 11) is 0. The molecule has 0 saturated carbocycles. The van der Waals surface area contributed by atoms with Crippen molar-refractivity contribution in [1.82, 2.24) is 0 Å². The van der Waals surface area contributed by atoms with E-state index in [1.54, 1.807) is 6.92 Å². The maximum absolute atomic E-state index is 10.1. The quantitative estimate of drug-likeness (QED) is 0.494. The Balaban J connectivity index is 0. The van der Waals surface area contributed by atoms with Crippen LogP contribution in [0.1, 0.15) is 28.2 Å². The van der Waals surface area contributed by atoms with Crippen molar-refractivity contribution >= 4 is 5.78 Å². The number of ketones is 1. The van der Waals surface area contributed by atoms with Gasteiger partial charge in [-0.25, -0.2) is 0 Å². The molecule has 0 heterocycles. The van der Waals surface area contributed by atoms with Crippen LogP contribution in [0.4, 0.5) is 0 Å². The minimum atomic E-state index is 0. The molecule has 0 aromatic rings. The molecular formula is C6H14O. The van der Waals surface area contributed by atoms with E-state index in [1.165, 1.54) is 0 Å². The summed E-state index contributed by atoms with van der Waals surface area (Å²) in [6.07, 6.45) is 0. The average molecular weight is 102 g/mol. The molecule has 0 unspecified atom stereocenters. The highest BCUT2D eigenvalue weighted by Crippen LogP contribution is 1.89. The van der Waals surface area contributed by atoms with Crippen LogP contribution in [0.15, 0.2) is 0 Å². The molecule has 1 nitrogen and oxygen atoms in total. The molecule has 1 heteroatoms. The van der Waals surface area contributed by atoms with Crippen LogP contribution in [0, 0.1) is 5.92 Å². The summed E-state index contributed by atoms with van der Waals surface area (Å²) in [5.41, 5.74) is 0. The highest BCUT2D eigenvalue weighted by atomic mass is 16.1. The van der Waals surface area contributed by atoms with E-state index in [2.05, 4.69) is 0 Å². The number of rotatable bonds is 1. The lowest BCUT2D eigenvalue weighted by molar-refractivity contribution is -0.119. The highest BCUT2D eigenvalue weighted by Gasteiger charge is 1.94. The zero-order chi connectivity index (χ0) is 5.15. The summed E-state index contributed by atoms with van der Waals surface area (Å²) in [5.74, 6) is 0.472. The first-order valence-corrected chi connectivity index (χ1v) is 2.15.